The van der Waals surface area contributed by atoms with Gasteiger partial charge in [0.2, 0.25) is 0 Å². The molecule has 0 aliphatic carbocycles. The van der Waals surface area contributed by atoms with Gasteiger partial charge in [-0.3, -0.25) is 4.57 Å². The largest absolute Gasteiger partial charge is 0.497 e. The number of nitrogens with zero attached hydrogens (tertiary/aromatic N) is 1. The molecule has 1 unspecified atom stereocenters. The van der Waals surface area contributed by atoms with Crippen LogP contribution in [0.3, 0.4) is 0 Å². The summed E-state index contributed by atoms with van der Waals surface area (Å²) in [5.74, 6) is 0.299. The van der Waals surface area contributed by atoms with Gasteiger partial charge >= 0.3 is 7.60 Å². The Balaban J connectivity index is 2.11. The normalized spacial score (nSPS) is 17.1. The molecule has 0 spiro atoms. The highest BCUT2D eigenvalue weighted by Gasteiger charge is 2.45. The van der Waals surface area contributed by atoms with E-state index in [1.54, 1.807) is 7.11 Å². The third kappa shape index (κ3) is 4.43. The van der Waals surface area contributed by atoms with Crippen LogP contribution in [0.5, 0.6) is 5.75 Å². The summed E-state index contributed by atoms with van der Waals surface area (Å²) in [6, 6.07) is 16.0. The van der Waals surface area contributed by atoms with E-state index < -0.39 is 13.4 Å². The predicted octanol–water partition coefficient (Wildman–Crippen LogP) is 5.80. The summed E-state index contributed by atoms with van der Waals surface area (Å²) in [7, 11) is -1.84. The molecule has 28 heavy (non-hydrogen) atoms. The van der Waals surface area contributed by atoms with Crippen molar-refractivity contribution in [2.75, 3.05) is 18.6 Å². The fraction of sp³-hybridized carbons (Fsp3) is 0.455. The Bertz CT molecular complexity index is 821. The number of rotatable bonds is 7. The van der Waals surface area contributed by atoms with Crippen molar-refractivity contribution in [3.05, 3.63) is 59.7 Å². The molecule has 0 radical (unpaired) electrons. The Hall–Kier alpha value is -1.81. The van der Waals surface area contributed by atoms with Crippen molar-refractivity contribution in [1.29, 1.82) is 0 Å². The van der Waals surface area contributed by atoms with E-state index in [4.69, 9.17) is 13.8 Å². The molecule has 1 aliphatic rings. The minimum Gasteiger partial charge on any atom is -0.497 e. The Kier molecular flexibility index (Phi) is 6.49. The van der Waals surface area contributed by atoms with E-state index in [1.165, 1.54) is 5.56 Å². The second-order valence-electron chi connectivity index (χ2n) is 7.56. The lowest BCUT2D eigenvalue weighted by Crippen LogP contribution is -2.37. The zero-order valence-corrected chi connectivity index (χ0v) is 18.2. The number of ether oxygens (including phenoxy) is 1. The monoisotopic (exact) mass is 403 g/mol. The van der Waals surface area contributed by atoms with E-state index in [0.29, 0.717) is 0 Å². The molecule has 0 saturated carbocycles. The summed E-state index contributed by atoms with van der Waals surface area (Å²) in [6.07, 6.45) is 0.454. The molecular formula is C22H30NO4P. The van der Waals surface area contributed by atoms with Gasteiger partial charge in [0.1, 0.15) is 5.75 Å². The molecule has 3 rings (SSSR count). The molecule has 0 fully saturated rings. The molecule has 2 aromatic carbocycles. The van der Waals surface area contributed by atoms with E-state index >= 15 is 0 Å². The molecule has 0 bridgehead atoms. The lowest BCUT2D eigenvalue weighted by Gasteiger charge is -2.42. The van der Waals surface area contributed by atoms with Gasteiger partial charge in [0.05, 0.1) is 19.3 Å². The number of benzene rings is 2. The maximum absolute atomic E-state index is 14.1. The fourth-order valence-electron chi connectivity index (χ4n) is 3.66. The van der Waals surface area contributed by atoms with Crippen LogP contribution in [0.15, 0.2) is 48.5 Å². The molecule has 0 N–H and O–H groups in total. The van der Waals surface area contributed by atoms with Gasteiger partial charge in [0, 0.05) is 12.2 Å². The number of hydrogen-bond acceptors (Lipinski definition) is 5. The van der Waals surface area contributed by atoms with Crippen LogP contribution < -0.4 is 9.64 Å². The number of methoxy groups -OCH3 is 1. The van der Waals surface area contributed by atoms with Crippen LogP contribution in [-0.2, 0) is 20.0 Å². The van der Waals surface area contributed by atoms with Crippen LogP contribution in [0, 0.1) is 0 Å². The molecule has 2 aromatic rings. The first-order valence-electron chi connectivity index (χ1n) is 9.79. The van der Waals surface area contributed by atoms with Crippen molar-refractivity contribution in [3.8, 4) is 5.75 Å². The van der Waals surface area contributed by atoms with Gasteiger partial charge in [0.25, 0.3) is 0 Å². The number of hydrogen-bond donors (Lipinski definition) is 0. The van der Waals surface area contributed by atoms with Crippen molar-refractivity contribution in [2.24, 2.45) is 0 Å². The van der Waals surface area contributed by atoms with Crippen LogP contribution in [0.4, 0.5) is 5.69 Å². The van der Waals surface area contributed by atoms with E-state index in [0.717, 1.165) is 30.0 Å². The summed E-state index contributed by atoms with van der Waals surface area (Å²) in [6.45, 7) is 8.30. The molecule has 152 valence electrons. The summed E-state index contributed by atoms with van der Waals surface area (Å²) in [5, 5.41) is 0. The van der Waals surface area contributed by atoms with Crippen molar-refractivity contribution in [3.63, 3.8) is 0 Å². The lowest BCUT2D eigenvalue weighted by atomic mass is 9.99. The topological polar surface area (TPSA) is 48.0 Å². The van der Waals surface area contributed by atoms with Gasteiger partial charge in [-0.15, -0.1) is 0 Å². The minimum absolute atomic E-state index is 0.212. The van der Waals surface area contributed by atoms with E-state index in [2.05, 4.69) is 11.0 Å². The quantitative estimate of drug-likeness (QED) is 0.547. The molecule has 6 heteroatoms. The fourth-order valence-corrected chi connectivity index (χ4v) is 6.30. The minimum atomic E-state index is -3.49. The van der Waals surface area contributed by atoms with Gasteiger partial charge < -0.3 is 18.7 Å². The smallest absolute Gasteiger partial charge is 0.357 e. The van der Waals surface area contributed by atoms with Gasteiger partial charge in [-0.25, -0.2) is 0 Å². The number of fused-ring (bicyclic) bond motifs is 1. The summed E-state index contributed by atoms with van der Waals surface area (Å²) >= 11 is 0. The van der Waals surface area contributed by atoms with Gasteiger partial charge in [-0.2, -0.15) is 0 Å². The van der Waals surface area contributed by atoms with E-state index in [-0.39, 0.29) is 12.2 Å². The van der Waals surface area contributed by atoms with Crippen LogP contribution in [-0.4, -0.2) is 25.9 Å². The van der Waals surface area contributed by atoms with Crippen molar-refractivity contribution >= 4 is 13.3 Å². The SMILES string of the molecule is COc1ccc(N2CCc3ccccc3C2P(=O)(OC(C)C)OC(C)C)cc1. The molecule has 0 amide bonds. The molecule has 5 nitrogen and oxygen atoms in total. The molecule has 0 saturated heterocycles. The second kappa shape index (κ2) is 8.69. The summed E-state index contributed by atoms with van der Waals surface area (Å²) < 4.78 is 31.5. The van der Waals surface area contributed by atoms with E-state index in [1.807, 2.05) is 70.2 Å². The molecule has 1 aliphatic heterocycles. The van der Waals surface area contributed by atoms with E-state index in [9.17, 15) is 4.57 Å². The van der Waals surface area contributed by atoms with Crippen LogP contribution >= 0.6 is 7.60 Å². The summed E-state index contributed by atoms with van der Waals surface area (Å²) in [4.78, 5) is 2.15. The first-order chi connectivity index (χ1) is 13.3. The molecule has 0 aromatic heterocycles. The highest BCUT2D eigenvalue weighted by atomic mass is 31.2. The zero-order chi connectivity index (χ0) is 20.3. The summed E-state index contributed by atoms with van der Waals surface area (Å²) in [5.41, 5.74) is 3.17. The Labute approximate surface area is 168 Å². The van der Waals surface area contributed by atoms with Crippen molar-refractivity contribution in [2.45, 2.75) is 52.1 Å². The number of anilines is 1. The van der Waals surface area contributed by atoms with Crippen LogP contribution in [0.25, 0.3) is 0 Å². The average Bonchev–Trinajstić information content (AvgIpc) is 2.65. The Morgan fingerprint density at radius 2 is 1.57 bits per heavy atom. The molecular weight excluding hydrogens is 373 g/mol. The third-order valence-corrected chi connectivity index (χ3v) is 7.26. The highest BCUT2D eigenvalue weighted by Crippen LogP contribution is 2.65. The molecule has 1 heterocycles. The highest BCUT2D eigenvalue weighted by molar-refractivity contribution is 7.54. The predicted molar refractivity (Wildman–Crippen MR) is 113 cm³/mol. The van der Waals surface area contributed by atoms with Crippen molar-refractivity contribution in [1.82, 2.24) is 0 Å². The second-order valence-corrected chi connectivity index (χ2v) is 9.55. The van der Waals surface area contributed by atoms with Crippen LogP contribution in [0.1, 0.15) is 44.6 Å². The molecule has 1 atom stereocenters. The maximum atomic E-state index is 14.1. The van der Waals surface area contributed by atoms with Gasteiger partial charge in [-0.05, 0) is 69.5 Å². The van der Waals surface area contributed by atoms with Gasteiger partial charge in [0.15, 0.2) is 5.78 Å². The first kappa shape index (κ1) is 20.9. The third-order valence-electron chi connectivity index (χ3n) is 4.67. The maximum Gasteiger partial charge on any atom is 0.357 e. The van der Waals surface area contributed by atoms with Gasteiger partial charge in [-0.1, -0.05) is 24.3 Å². The van der Waals surface area contributed by atoms with Crippen molar-refractivity contribution < 1.29 is 18.3 Å². The lowest BCUT2D eigenvalue weighted by molar-refractivity contribution is 0.135. The zero-order valence-electron chi connectivity index (χ0n) is 17.3. The Morgan fingerprint density at radius 1 is 0.964 bits per heavy atom. The Morgan fingerprint density at radius 3 is 2.14 bits per heavy atom. The standard InChI is InChI=1S/C22H30NO4P/c1-16(2)26-28(24,27-17(3)4)22-21-9-7-6-8-18(21)14-15-23(22)19-10-12-20(25-5)13-11-19/h6-13,16-17,22H,14-15H2,1-5H3. The van der Waals surface area contributed by atoms with Crippen LogP contribution in [0.2, 0.25) is 0 Å². The first-order valence-corrected chi connectivity index (χ1v) is 11.4. The average molecular weight is 403 g/mol.